The summed E-state index contributed by atoms with van der Waals surface area (Å²) in [5, 5.41) is 14.6. The molecule has 6 nitrogen and oxygen atoms in total. The van der Waals surface area contributed by atoms with Gasteiger partial charge in [0.25, 0.3) is 0 Å². The molecule has 0 bridgehead atoms. The maximum Gasteiger partial charge on any atom is 0.332 e. The topological polar surface area (TPSA) is 87.7 Å². The number of urea groups is 1. The quantitative estimate of drug-likeness (QED) is 0.727. The van der Waals surface area contributed by atoms with Crippen LogP contribution in [0.25, 0.3) is 0 Å². The molecule has 0 spiro atoms. The van der Waals surface area contributed by atoms with Crippen molar-refractivity contribution in [2.75, 3.05) is 6.54 Å². The van der Waals surface area contributed by atoms with Crippen LogP contribution in [0.15, 0.2) is 0 Å². The molecule has 2 amide bonds. The van der Waals surface area contributed by atoms with Crippen LogP contribution in [0.4, 0.5) is 4.79 Å². The van der Waals surface area contributed by atoms with Gasteiger partial charge in [-0.25, -0.2) is 9.59 Å². The molecule has 0 aromatic rings. The predicted molar refractivity (Wildman–Crippen MR) is 73.4 cm³/mol. The van der Waals surface area contributed by atoms with E-state index in [0.29, 0.717) is 31.2 Å². The van der Waals surface area contributed by atoms with Crippen LogP contribution in [0.1, 0.15) is 39.5 Å². The number of carbonyl (C=O) groups is 2. The number of nitrogens with one attached hydrogen (secondary N) is 2. The van der Waals surface area contributed by atoms with Crippen molar-refractivity contribution in [2.24, 2.45) is 11.8 Å². The second kappa shape index (κ2) is 6.43. The largest absolute Gasteiger partial charge is 0.479 e. The minimum absolute atomic E-state index is 0.182. The molecule has 6 heteroatoms. The molecule has 1 saturated carbocycles. The molecule has 0 aromatic heterocycles. The van der Waals surface area contributed by atoms with Gasteiger partial charge >= 0.3 is 12.0 Å². The van der Waals surface area contributed by atoms with E-state index in [-0.39, 0.29) is 18.2 Å². The molecule has 2 aliphatic rings. The van der Waals surface area contributed by atoms with Crippen LogP contribution in [0.5, 0.6) is 0 Å². The lowest BCUT2D eigenvalue weighted by Crippen LogP contribution is -2.45. The number of rotatable bonds is 4. The predicted octanol–water partition coefficient (Wildman–Crippen LogP) is 1.35. The van der Waals surface area contributed by atoms with E-state index in [1.165, 1.54) is 0 Å². The molecule has 3 N–H and O–H groups in total. The van der Waals surface area contributed by atoms with Crippen molar-refractivity contribution in [2.45, 2.75) is 57.8 Å². The highest BCUT2D eigenvalue weighted by Gasteiger charge is 2.32. The Kier molecular flexibility index (Phi) is 4.86. The van der Waals surface area contributed by atoms with Gasteiger partial charge in [0.1, 0.15) is 0 Å². The second-order valence-corrected chi connectivity index (χ2v) is 6.04. The number of hydrogen-bond acceptors (Lipinski definition) is 3. The van der Waals surface area contributed by atoms with Gasteiger partial charge in [0.05, 0.1) is 6.10 Å². The zero-order valence-electron chi connectivity index (χ0n) is 12.1. The summed E-state index contributed by atoms with van der Waals surface area (Å²) >= 11 is 0. The Hall–Kier alpha value is -1.30. The van der Waals surface area contributed by atoms with Crippen LogP contribution in [0.2, 0.25) is 0 Å². The zero-order chi connectivity index (χ0) is 14.7. The fourth-order valence-corrected chi connectivity index (χ4v) is 3.03. The van der Waals surface area contributed by atoms with Crippen LogP contribution in [0.3, 0.4) is 0 Å². The molecular formula is C14H24N2O4. The third-order valence-electron chi connectivity index (χ3n) is 4.66. The smallest absolute Gasteiger partial charge is 0.332 e. The van der Waals surface area contributed by atoms with Gasteiger partial charge in [0.15, 0.2) is 6.10 Å². The molecule has 5 atom stereocenters. The van der Waals surface area contributed by atoms with E-state index in [0.717, 1.165) is 12.8 Å². The maximum atomic E-state index is 11.8. The highest BCUT2D eigenvalue weighted by molar-refractivity contribution is 5.74. The van der Waals surface area contributed by atoms with E-state index in [1.807, 2.05) is 0 Å². The van der Waals surface area contributed by atoms with Crippen molar-refractivity contribution in [3.8, 4) is 0 Å². The van der Waals surface area contributed by atoms with Crippen molar-refractivity contribution in [3.05, 3.63) is 0 Å². The lowest BCUT2D eigenvalue weighted by molar-refractivity contribution is -0.149. The molecule has 1 heterocycles. The summed E-state index contributed by atoms with van der Waals surface area (Å²) in [6, 6.07) is 0.0552. The van der Waals surface area contributed by atoms with E-state index in [2.05, 4.69) is 24.5 Å². The molecule has 2 fully saturated rings. The standard InChI is InChI=1S/C14H24N2O4/c1-8-3-5-11(9(8)2)16-14(19)15-7-10-4-6-12(20-10)13(17)18/h8-12H,3-7H2,1-2H3,(H,17,18)(H2,15,16,19). The summed E-state index contributed by atoms with van der Waals surface area (Å²) in [6.45, 7) is 4.75. The monoisotopic (exact) mass is 284 g/mol. The van der Waals surface area contributed by atoms with Crippen LogP contribution in [-0.4, -0.2) is 41.9 Å². The molecular weight excluding hydrogens is 260 g/mol. The number of carboxylic acids is 1. The number of carbonyl (C=O) groups excluding carboxylic acids is 1. The average Bonchev–Trinajstić information content (AvgIpc) is 2.99. The minimum Gasteiger partial charge on any atom is -0.479 e. The Bertz CT molecular complexity index is 374. The van der Waals surface area contributed by atoms with Gasteiger partial charge in [-0.05, 0) is 37.5 Å². The summed E-state index contributed by atoms with van der Waals surface area (Å²) in [5.41, 5.74) is 0. The normalized spacial score (nSPS) is 36.8. The molecule has 5 unspecified atom stereocenters. The van der Waals surface area contributed by atoms with Crippen LogP contribution in [-0.2, 0) is 9.53 Å². The summed E-state index contributed by atoms with van der Waals surface area (Å²) in [6.07, 6.45) is 2.45. The Morgan fingerprint density at radius 2 is 1.95 bits per heavy atom. The zero-order valence-corrected chi connectivity index (χ0v) is 12.1. The lowest BCUT2D eigenvalue weighted by atomic mass is 9.98. The number of carboxylic acid groups (broad SMARTS) is 1. The maximum absolute atomic E-state index is 11.8. The molecule has 1 aliphatic carbocycles. The number of ether oxygens (including phenoxy) is 1. The van der Waals surface area contributed by atoms with E-state index in [1.54, 1.807) is 0 Å². The molecule has 1 aliphatic heterocycles. The van der Waals surface area contributed by atoms with E-state index in [4.69, 9.17) is 9.84 Å². The van der Waals surface area contributed by atoms with Gasteiger partial charge in [-0.1, -0.05) is 13.8 Å². The number of aliphatic carboxylic acids is 1. The Morgan fingerprint density at radius 3 is 2.50 bits per heavy atom. The first-order valence-electron chi connectivity index (χ1n) is 7.40. The Balaban J connectivity index is 1.67. The van der Waals surface area contributed by atoms with Crippen LogP contribution < -0.4 is 10.6 Å². The molecule has 20 heavy (non-hydrogen) atoms. The summed E-state index contributed by atoms with van der Waals surface area (Å²) in [7, 11) is 0. The fourth-order valence-electron chi connectivity index (χ4n) is 3.03. The van der Waals surface area contributed by atoms with Crippen LogP contribution >= 0.6 is 0 Å². The first-order valence-corrected chi connectivity index (χ1v) is 7.40. The van der Waals surface area contributed by atoms with Gasteiger partial charge in [0, 0.05) is 12.6 Å². The summed E-state index contributed by atoms with van der Waals surface area (Å²) < 4.78 is 5.34. The van der Waals surface area contributed by atoms with Gasteiger partial charge in [-0.2, -0.15) is 0 Å². The van der Waals surface area contributed by atoms with Crippen molar-refractivity contribution in [3.63, 3.8) is 0 Å². The molecule has 114 valence electrons. The third-order valence-corrected chi connectivity index (χ3v) is 4.66. The first-order chi connectivity index (χ1) is 9.47. The minimum atomic E-state index is -0.925. The van der Waals surface area contributed by atoms with Gasteiger partial charge in [-0.3, -0.25) is 0 Å². The Morgan fingerprint density at radius 1 is 1.20 bits per heavy atom. The molecule has 0 radical (unpaired) electrons. The SMILES string of the molecule is CC1CCC(NC(=O)NCC2CCC(C(=O)O)O2)C1C. The van der Waals surface area contributed by atoms with E-state index >= 15 is 0 Å². The lowest BCUT2D eigenvalue weighted by Gasteiger charge is -2.20. The van der Waals surface area contributed by atoms with Crippen molar-refractivity contribution in [1.82, 2.24) is 10.6 Å². The highest BCUT2D eigenvalue weighted by atomic mass is 16.5. The highest BCUT2D eigenvalue weighted by Crippen LogP contribution is 2.30. The van der Waals surface area contributed by atoms with Crippen molar-refractivity contribution < 1.29 is 19.4 Å². The number of amides is 2. The average molecular weight is 284 g/mol. The van der Waals surface area contributed by atoms with E-state index < -0.39 is 12.1 Å². The van der Waals surface area contributed by atoms with Gasteiger partial charge < -0.3 is 20.5 Å². The van der Waals surface area contributed by atoms with Crippen molar-refractivity contribution >= 4 is 12.0 Å². The van der Waals surface area contributed by atoms with Gasteiger partial charge in [-0.15, -0.1) is 0 Å². The van der Waals surface area contributed by atoms with E-state index in [9.17, 15) is 9.59 Å². The molecule has 0 aromatic carbocycles. The first kappa shape index (κ1) is 15.1. The summed E-state index contributed by atoms with van der Waals surface area (Å²) in [5.74, 6) is 0.223. The van der Waals surface area contributed by atoms with Crippen molar-refractivity contribution in [1.29, 1.82) is 0 Å². The number of hydrogen-bond donors (Lipinski definition) is 3. The fraction of sp³-hybridized carbons (Fsp3) is 0.857. The van der Waals surface area contributed by atoms with Crippen LogP contribution in [0, 0.1) is 11.8 Å². The van der Waals surface area contributed by atoms with Gasteiger partial charge in [0.2, 0.25) is 0 Å². The molecule has 2 rings (SSSR count). The molecule has 1 saturated heterocycles. The Labute approximate surface area is 119 Å². The second-order valence-electron chi connectivity index (χ2n) is 6.04. The third kappa shape index (κ3) is 3.62. The summed E-state index contributed by atoms with van der Waals surface area (Å²) in [4.78, 5) is 22.6.